The van der Waals surface area contributed by atoms with Crippen LogP contribution in [0.3, 0.4) is 0 Å². The molecule has 0 aliphatic carbocycles. The average molecular weight is 341 g/mol. The molecule has 0 saturated carbocycles. The molecule has 2 unspecified atom stereocenters. The number of sulfone groups is 1. The summed E-state index contributed by atoms with van der Waals surface area (Å²) >= 11 is 0. The predicted octanol–water partition coefficient (Wildman–Crippen LogP) is 0.281. The minimum Gasteiger partial charge on any atom is -0.454 e. The van der Waals surface area contributed by atoms with Crippen LogP contribution in [0.2, 0.25) is 0 Å². The number of carbonyl (C=O) groups is 1. The van der Waals surface area contributed by atoms with E-state index in [0.717, 1.165) is 0 Å². The summed E-state index contributed by atoms with van der Waals surface area (Å²) < 4.78 is 32.9. The molecule has 0 bridgehead atoms. The first-order valence-electron chi connectivity index (χ1n) is 7.33. The van der Waals surface area contributed by atoms with Crippen LogP contribution in [0.1, 0.15) is 17.3 Å². The smallest absolute Gasteiger partial charge is 0.231 e. The number of aliphatic hydroxyl groups excluding tert-OH is 1. The number of fused-ring (bicyclic) bond motifs is 1. The van der Waals surface area contributed by atoms with Crippen molar-refractivity contribution in [2.45, 2.75) is 19.2 Å². The third-order valence-corrected chi connectivity index (χ3v) is 6.29. The zero-order chi connectivity index (χ0) is 16.8. The van der Waals surface area contributed by atoms with E-state index >= 15 is 0 Å². The van der Waals surface area contributed by atoms with Gasteiger partial charge in [-0.05, 0) is 32.2 Å². The molecule has 1 aromatic carbocycles. The zero-order valence-corrected chi connectivity index (χ0v) is 13.7. The van der Waals surface area contributed by atoms with Crippen LogP contribution in [-0.2, 0) is 9.84 Å². The zero-order valence-electron chi connectivity index (χ0n) is 12.9. The van der Waals surface area contributed by atoms with Crippen molar-refractivity contribution in [3.8, 4) is 11.5 Å². The van der Waals surface area contributed by atoms with Crippen molar-refractivity contribution in [3.63, 3.8) is 0 Å². The minimum atomic E-state index is -3.02. The SMILES string of the molecule is CC(C(=O)c1ccc2c(c1)OCO2)N(C)C(O)C1CS(=O)(=O)C1. The van der Waals surface area contributed by atoms with Crippen molar-refractivity contribution in [2.24, 2.45) is 5.92 Å². The Morgan fingerprint density at radius 1 is 1.30 bits per heavy atom. The fourth-order valence-electron chi connectivity index (χ4n) is 2.81. The highest BCUT2D eigenvalue weighted by molar-refractivity contribution is 7.92. The highest BCUT2D eigenvalue weighted by Crippen LogP contribution is 2.33. The molecule has 3 rings (SSSR count). The van der Waals surface area contributed by atoms with Crippen molar-refractivity contribution in [1.82, 2.24) is 4.90 Å². The maximum absolute atomic E-state index is 12.6. The van der Waals surface area contributed by atoms with Gasteiger partial charge in [-0.3, -0.25) is 9.69 Å². The van der Waals surface area contributed by atoms with E-state index in [-0.39, 0.29) is 30.0 Å². The lowest BCUT2D eigenvalue weighted by molar-refractivity contribution is -0.0307. The van der Waals surface area contributed by atoms with Gasteiger partial charge in [-0.1, -0.05) is 0 Å². The highest BCUT2D eigenvalue weighted by Gasteiger charge is 2.41. The van der Waals surface area contributed by atoms with Crippen molar-refractivity contribution in [1.29, 1.82) is 0 Å². The summed E-state index contributed by atoms with van der Waals surface area (Å²) in [5.41, 5.74) is 0.460. The van der Waals surface area contributed by atoms with Crippen molar-refractivity contribution < 1.29 is 27.8 Å². The molecule has 7 nitrogen and oxygen atoms in total. The Kier molecular flexibility index (Phi) is 4.07. The Labute approximate surface area is 134 Å². The van der Waals surface area contributed by atoms with E-state index < -0.39 is 22.1 Å². The summed E-state index contributed by atoms with van der Waals surface area (Å²) in [6, 6.07) is 4.36. The van der Waals surface area contributed by atoms with E-state index in [9.17, 15) is 18.3 Å². The van der Waals surface area contributed by atoms with Crippen molar-refractivity contribution in [2.75, 3.05) is 25.3 Å². The van der Waals surface area contributed by atoms with Gasteiger partial charge in [0.05, 0.1) is 17.5 Å². The molecule has 2 aliphatic rings. The molecule has 1 aromatic rings. The molecule has 2 aliphatic heterocycles. The molecular weight excluding hydrogens is 322 g/mol. The number of nitrogens with zero attached hydrogens (tertiary/aromatic N) is 1. The Morgan fingerprint density at radius 3 is 2.61 bits per heavy atom. The topological polar surface area (TPSA) is 93.1 Å². The first-order chi connectivity index (χ1) is 10.8. The van der Waals surface area contributed by atoms with Gasteiger partial charge >= 0.3 is 0 Å². The van der Waals surface area contributed by atoms with E-state index in [0.29, 0.717) is 17.1 Å². The molecule has 2 atom stereocenters. The van der Waals surface area contributed by atoms with Crippen LogP contribution < -0.4 is 9.47 Å². The number of Topliss-reactive ketones (excluding diaryl/α,β-unsaturated/α-hetero) is 1. The summed E-state index contributed by atoms with van der Waals surface area (Å²) in [6.45, 7) is 1.82. The van der Waals surface area contributed by atoms with Gasteiger partial charge < -0.3 is 14.6 Å². The summed E-state index contributed by atoms with van der Waals surface area (Å²) in [4.78, 5) is 14.1. The van der Waals surface area contributed by atoms with Crippen LogP contribution in [-0.4, -0.2) is 61.8 Å². The van der Waals surface area contributed by atoms with Gasteiger partial charge in [-0.2, -0.15) is 0 Å². The van der Waals surface area contributed by atoms with Crippen LogP contribution in [0.15, 0.2) is 18.2 Å². The molecule has 0 spiro atoms. The number of likely N-dealkylation sites (N-methyl/N-ethyl adjacent to an activating group) is 1. The van der Waals surface area contributed by atoms with Gasteiger partial charge in [-0.15, -0.1) is 0 Å². The van der Waals surface area contributed by atoms with Crippen LogP contribution in [0.5, 0.6) is 11.5 Å². The Hall–Kier alpha value is -1.64. The number of ether oxygens (including phenoxy) is 2. The van der Waals surface area contributed by atoms with Crippen LogP contribution in [0.4, 0.5) is 0 Å². The molecule has 0 aromatic heterocycles. The van der Waals surface area contributed by atoms with Gasteiger partial charge in [0, 0.05) is 11.5 Å². The molecule has 8 heteroatoms. The summed E-state index contributed by atoms with van der Waals surface area (Å²) in [7, 11) is -1.40. The average Bonchev–Trinajstić information content (AvgIpc) is 2.97. The molecule has 1 N–H and O–H groups in total. The maximum atomic E-state index is 12.6. The third kappa shape index (κ3) is 3.06. The van der Waals surface area contributed by atoms with Crippen molar-refractivity contribution in [3.05, 3.63) is 23.8 Å². The van der Waals surface area contributed by atoms with Gasteiger partial charge in [0.15, 0.2) is 27.1 Å². The largest absolute Gasteiger partial charge is 0.454 e. The van der Waals surface area contributed by atoms with E-state index in [4.69, 9.17) is 9.47 Å². The second-order valence-electron chi connectivity index (χ2n) is 6.02. The van der Waals surface area contributed by atoms with Crippen LogP contribution in [0, 0.1) is 5.92 Å². The van der Waals surface area contributed by atoms with Gasteiger partial charge in [-0.25, -0.2) is 8.42 Å². The molecular formula is C15H19NO6S. The van der Waals surface area contributed by atoms with Crippen LogP contribution >= 0.6 is 0 Å². The minimum absolute atomic E-state index is 0.0383. The second-order valence-corrected chi connectivity index (χ2v) is 8.18. The lowest BCUT2D eigenvalue weighted by Gasteiger charge is -2.37. The molecule has 1 fully saturated rings. The van der Waals surface area contributed by atoms with Gasteiger partial charge in [0.1, 0.15) is 6.23 Å². The number of rotatable bonds is 5. The summed E-state index contributed by atoms with van der Waals surface area (Å²) in [6.07, 6.45) is -0.966. The number of hydrogen-bond donors (Lipinski definition) is 1. The quantitative estimate of drug-likeness (QED) is 0.607. The molecule has 1 saturated heterocycles. The van der Waals surface area contributed by atoms with E-state index in [1.807, 2.05) is 0 Å². The molecule has 126 valence electrons. The van der Waals surface area contributed by atoms with Crippen molar-refractivity contribution >= 4 is 15.6 Å². The monoisotopic (exact) mass is 341 g/mol. The molecule has 0 radical (unpaired) electrons. The normalized spacial score (nSPS) is 21.7. The Balaban J connectivity index is 1.69. The van der Waals surface area contributed by atoms with Crippen LogP contribution in [0.25, 0.3) is 0 Å². The fourth-order valence-corrected chi connectivity index (χ4v) is 4.36. The molecule has 23 heavy (non-hydrogen) atoms. The Bertz CT molecular complexity index is 719. The lowest BCUT2D eigenvalue weighted by atomic mass is 10.0. The van der Waals surface area contributed by atoms with E-state index in [2.05, 4.69) is 0 Å². The van der Waals surface area contributed by atoms with E-state index in [1.54, 1.807) is 32.2 Å². The maximum Gasteiger partial charge on any atom is 0.231 e. The lowest BCUT2D eigenvalue weighted by Crippen LogP contribution is -2.54. The fraction of sp³-hybridized carbons (Fsp3) is 0.533. The first kappa shape index (κ1) is 16.2. The first-order valence-corrected chi connectivity index (χ1v) is 9.15. The number of hydrogen-bond acceptors (Lipinski definition) is 7. The Morgan fingerprint density at radius 2 is 1.96 bits per heavy atom. The molecule has 2 heterocycles. The highest BCUT2D eigenvalue weighted by atomic mass is 32.2. The standard InChI is InChI=1S/C15H19NO6S/c1-9(16(2)15(18)11-6-23(19,20)7-11)14(17)10-3-4-12-13(5-10)22-8-21-12/h3-5,9,11,15,18H,6-8H2,1-2H3. The molecule has 0 amide bonds. The summed E-state index contributed by atoms with van der Waals surface area (Å²) in [5.74, 6) is 0.523. The second kappa shape index (κ2) is 5.77. The number of aliphatic hydroxyl groups is 1. The number of ketones is 1. The number of carbonyl (C=O) groups excluding carboxylic acids is 1. The number of benzene rings is 1. The van der Waals surface area contributed by atoms with Gasteiger partial charge in [0.25, 0.3) is 0 Å². The predicted molar refractivity (Wildman–Crippen MR) is 82.3 cm³/mol. The third-order valence-electron chi connectivity index (χ3n) is 4.42. The van der Waals surface area contributed by atoms with Gasteiger partial charge in [0.2, 0.25) is 6.79 Å². The van der Waals surface area contributed by atoms with E-state index in [1.165, 1.54) is 4.90 Å². The summed E-state index contributed by atoms with van der Waals surface area (Å²) in [5, 5.41) is 10.3.